The van der Waals surface area contributed by atoms with Crippen molar-refractivity contribution in [3.8, 4) is 5.75 Å². The van der Waals surface area contributed by atoms with Crippen LogP contribution in [0, 0.1) is 0 Å². The van der Waals surface area contributed by atoms with Crippen molar-refractivity contribution in [1.29, 1.82) is 0 Å². The Hall–Kier alpha value is 1.42. The normalized spacial score (nSPS) is 12.6. The van der Waals surface area contributed by atoms with Crippen LogP contribution in [-0.2, 0) is 0 Å². The topological polar surface area (TPSA) is 9.23 Å². The van der Waals surface area contributed by atoms with E-state index in [4.69, 9.17) is 4.74 Å². The molecule has 0 aliphatic rings. The van der Waals surface area contributed by atoms with E-state index >= 15 is 0 Å². The van der Waals surface area contributed by atoms with Crippen LogP contribution in [0.5, 0.6) is 5.75 Å². The molecule has 0 aliphatic carbocycles. The van der Waals surface area contributed by atoms with E-state index in [1.165, 1.54) is 0 Å². The summed E-state index contributed by atoms with van der Waals surface area (Å²) in [6.45, 7) is 0.615. The molecule has 0 spiro atoms. The number of hydrogen-bond acceptors (Lipinski definition) is 1. The molecule has 84 valence electrons. The van der Waals surface area contributed by atoms with E-state index in [0.29, 0.717) is 11.4 Å². The third kappa shape index (κ3) is 4.66. The highest BCUT2D eigenvalue weighted by Crippen LogP contribution is 2.36. The lowest BCUT2D eigenvalue weighted by Gasteiger charge is -2.12. The SMILES string of the molecule is BrC[C@H](Br)COc1c(Br)cc(Br)cc1Br. The van der Waals surface area contributed by atoms with Crippen LogP contribution in [-0.4, -0.2) is 16.8 Å². The Balaban J connectivity index is 2.77. The average molecular weight is 531 g/mol. The maximum absolute atomic E-state index is 5.68. The highest BCUT2D eigenvalue weighted by molar-refractivity contribution is 9.12. The number of hydrogen-bond donors (Lipinski definition) is 0. The van der Waals surface area contributed by atoms with Crippen molar-refractivity contribution in [3.05, 3.63) is 25.6 Å². The molecule has 0 bridgehead atoms. The predicted octanol–water partition coefficient (Wildman–Crippen LogP) is 5.51. The highest BCUT2D eigenvalue weighted by Gasteiger charge is 2.10. The summed E-state index contributed by atoms with van der Waals surface area (Å²) < 4.78 is 8.55. The fourth-order valence-corrected chi connectivity index (χ4v) is 3.69. The molecule has 0 saturated heterocycles. The maximum atomic E-state index is 5.68. The smallest absolute Gasteiger partial charge is 0.147 e. The molecule has 0 fully saturated rings. The summed E-state index contributed by atoms with van der Waals surface area (Å²) in [5.41, 5.74) is 0. The number of halogens is 5. The van der Waals surface area contributed by atoms with E-state index < -0.39 is 0 Å². The van der Waals surface area contributed by atoms with E-state index in [-0.39, 0.29) is 0 Å². The Morgan fingerprint density at radius 2 is 1.67 bits per heavy atom. The van der Waals surface area contributed by atoms with E-state index in [1.807, 2.05) is 12.1 Å². The Labute approximate surface area is 131 Å². The van der Waals surface area contributed by atoms with Gasteiger partial charge >= 0.3 is 0 Å². The van der Waals surface area contributed by atoms with Crippen LogP contribution in [0.2, 0.25) is 0 Å². The van der Waals surface area contributed by atoms with Crippen LogP contribution in [0.25, 0.3) is 0 Å². The van der Waals surface area contributed by atoms with E-state index in [9.17, 15) is 0 Å². The lowest BCUT2D eigenvalue weighted by Crippen LogP contribution is -2.12. The van der Waals surface area contributed by atoms with Gasteiger partial charge in [0.05, 0.1) is 13.8 Å². The summed E-state index contributed by atoms with van der Waals surface area (Å²) in [7, 11) is 0. The largest absolute Gasteiger partial charge is 0.490 e. The van der Waals surface area contributed by atoms with Crippen molar-refractivity contribution in [3.63, 3.8) is 0 Å². The van der Waals surface area contributed by atoms with Gasteiger partial charge in [0.1, 0.15) is 12.4 Å². The summed E-state index contributed by atoms with van der Waals surface area (Å²) in [5.74, 6) is 0.823. The number of ether oxygens (including phenoxy) is 1. The molecule has 6 heteroatoms. The van der Waals surface area contributed by atoms with Crippen molar-refractivity contribution >= 4 is 79.6 Å². The summed E-state index contributed by atoms with van der Waals surface area (Å²) in [6.07, 6.45) is 0. The molecule has 0 amide bonds. The lowest BCUT2D eigenvalue weighted by molar-refractivity contribution is 0.321. The van der Waals surface area contributed by atoms with Crippen molar-refractivity contribution in [1.82, 2.24) is 0 Å². The van der Waals surface area contributed by atoms with Crippen molar-refractivity contribution in [2.24, 2.45) is 0 Å². The zero-order chi connectivity index (χ0) is 11.4. The van der Waals surface area contributed by atoms with Gasteiger partial charge in [-0.3, -0.25) is 0 Å². The van der Waals surface area contributed by atoms with Crippen molar-refractivity contribution < 1.29 is 4.74 Å². The third-order valence-electron chi connectivity index (χ3n) is 1.54. The second-order valence-corrected chi connectivity index (χ2v) is 7.33. The zero-order valence-corrected chi connectivity index (χ0v) is 15.4. The molecule has 1 aromatic carbocycles. The minimum Gasteiger partial charge on any atom is -0.490 e. The first-order valence-electron chi connectivity index (χ1n) is 4.02. The second-order valence-electron chi connectivity index (χ2n) is 2.76. The third-order valence-corrected chi connectivity index (χ3v) is 5.41. The van der Waals surface area contributed by atoms with Crippen LogP contribution in [0.3, 0.4) is 0 Å². The molecular weight excluding hydrogens is 524 g/mol. The average Bonchev–Trinajstić information content (AvgIpc) is 2.15. The van der Waals surface area contributed by atoms with Gasteiger partial charge in [-0.05, 0) is 44.0 Å². The number of rotatable bonds is 4. The first-order valence-corrected chi connectivity index (χ1v) is 8.43. The molecule has 0 aliphatic heterocycles. The minimum atomic E-state index is 0.306. The Kier molecular flexibility index (Phi) is 6.75. The molecule has 1 aromatic rings. The first kappa shape index (κ1) is 14.5. The van der Waals surface area contributed by atoms with Crippen LogP contribution < -0.4 is 4.74 Å². The summed E-state index contributed by atoms with van der Waals surface area (Å²) >= 11 is 17.2. The number of alkyl halides is 2. The van der Waals surface area contributed by atoms with Gasteiger partial charge < -0.3 is 4.74 Å². The fraction of sp³-hybridized carbons (Fsp3) is 0.333. The molecule has 0 unspecified atom stereocenters. The van der Waals surface area contributed by atoms with Crippen molar-refractivity contribution in [2.75, 3.05) is 11.9 Å². The standard InChI is InChI=1S/C9H7Br5O/c10-3-6(12)4-15-9-7(13)1-5(11)2-8(9)14/h1-2,6H,3-4H2/t6-/m0/s1. The summed E-state index contributed by atoms with van der Waals surface area (Å²) in [6, 6.07) is 3.91. The number of benzene rings is 1. The first-order chi connectivity index (χ1) is 7.04. The van der Waals surface area contributed by atoms with Crippen LogP contribution in [0.1, 0.15) is 0 Å². The van der Waals surface area contributed by atoms with Crippen LogP contribution in [0.15, 0.2) is 25.6 Å². The Morgan fingerprint density at radius 3 is 2.13 bits per heavy atom. The van der Waals surface area contributed by atoms with Gasteiger partial charge in [-0.15, -0.1) is 0 Å². The molecule has 1 atom stereocenters. The predicted molar refractivity (Wildman–Crippen MR) is 81.5 cm³/mol. The Morgan fingerprint density at radius 1 is 1.13 bits per heavy atom. The molecule has 0 N–H and O–H groups in total. The monoisotopic (exact) mass is 526 g/mol. The fourth-order valence-electron chi connectivity index (χ4n) is 0.885. The van der Waals surface area contributed by atoms with Gasteiger partial charge in [-0.1, -0.05) is 47.8 Å². The van der Waals surface area contributed by atoms with Gasteiger partial charge in [0.15, 0.2) is 0 Å². The molecule has 0 radical (unpaired) electrons. The van der Waals surface area contributed by atoms with Crippen molar-refractivity contribution in [2.45, 2.75) is 4.83 Å². The summed E-state index contributed by atoms with van der Waals surface area (Å²) in [5, 5.41) is 0.860. The molecular formula is C9H7Br5O. The Bertz CT molecular complexity index is 318. The maximum Gasteiger partial charge on any atom is 0.147 e. The van der Waals surface area contributed by atoms with Gasteiger partial charge in [-0.2, -0.15) is 0 Å². The van der Waals surface area contributed by atoms with Gasteiger partial charge in [0, 0.05) is 9.80 Å². The lowest BCUT2D eigenvalue weighted by atomic mass is 10.3. The summed E-state index contributed by atoms with van der Waals surface area (Å²) in [4.78, 5) is 0.306. The molecule has 0 aromatic heterocycles. The molecule has 15 heavy (non-hydrogen) atoms. The second kappa shape index (κ2) is 6.99. The minimum absolute atomic E-state index is 0.306. The van der Waals surface area contributed by atoms with Gasteiger partial charge in [0.2, 0.25) is 0 Å². The molecule has 1 nitrogen and oxygen atoms in total. The highest BCUT2D eigenvalue weighted by atomic mass is 79.9. The van der Waals surface area contributed by atoms with Gasteiger partial charge in [0.25, 0.3) is 0 Å². The molecule has 0 heterocycles. The van der Waals surface area contributed by atoms with E-state index in [2.05, 4.69) is 79.6 Å². The van der Waals surface area contributed by atoms with Crippen LogP contribution >= 0.6 is 79.6 Å². The van der Waals surface area contributed by atoms with E-state index in [0.717, 1.165) is 24.5 Å². The molecule has 0 saturated carbocycles. The quantitative estimate of drug-likeness (QED) is 0.467. The van der Waals surface area contributed by atoms with E-state index in [1.54, 1.807) is 0 Å². The van der Waals surface area contributed by atoms with Crippen LogP contribution in [0.4, 0.5) is 0 Å². The zero-order valence-electron chi connectivity index (χ0n) is 7.44. The van der Waals surface area contributed by atoms with Gasteiger partial charge in [-0.25, -0.2) is 0 Å². The molecule has 1 rings (SSSR count).